The zero-order valence-corrected chi connectivity index (χ0v) is 16.5. The van der Waals surface area contributed by atoms with E-state index in [-0.39, 0.29) is 5.91 Å². The molecule has 4 nitrogen and oxygen atoms in total. The highest BCUT2D eigenvalue weighted by Crippen LogP contribution is 2.23. The number of ether oxygens (including phenoxy) is 1. The molecule has 2 aliphatic heterocycles. The summed E-state index contributed by atoms with van der Waals surface area (Å²) in [6.07, 6.45) is 7.85. The molecule has 1 unspecified atom stereocenters. The van der Waals surface area contributed by atoms with Gasteiger partial charge in [-0.05, 0) is 62.4 Å². The van der Waals surface area contributed by atoms with Crippen LogP contribution in [-0.4, -0.2) is 55.0 Å². The van der Waals surface area contributed by atoms with Gasteiger partial charge in [-0.2, -0.15) is 0 Å². The van der Waals surface area contributed by atoms with Crippen molar-refractivity contribution >= 4 is 5.91 Å². The number of carbonyl (C=O) groups excluding carboxylic acids is 1. The fourth-order valence-electron chi connectivity index (χ4n) is 4.30. The van der Waals surface area contributed by atoms with Gasteiger partial charge in [-0.25, -0.2) is 0 Å². The lowest BCUT2D eigenvalue weighted by molar-refractivity contribution is -0.133. The lowest BCUT2D eigenvalue weighted by atomic mass is 9.98. The maximum atomic E-state index is 13.1. The van der Waals surface area contributed by atoms with Gasteiger partial charge in [0, 0.05) is 19.1 Å². The van der Waals surface area contributed by atoms with E-state index >= 15 is 0 Å². The molecule has 3 rings (SSSR count). The highest BCUT2D eigenvalue weighted by atomic mass is 16.5. The molecule has 0 aromatic heterocycles. The van der Waals surface area contributed by atoms with Gasteiger partial charge < -0.3 is 14.5 Å². The predicted octanol–water partition coefficient (Wildman–Crippen LogP) is 3.74. The Hall–Kier alpha value is -1.55. The van der Waals surface area contributed by atoms with Gasteiger partial charge in [0.05, 0.1) is 13.5 Å². The molecule has 144 valence electrons. The molecule has 0 saturated carbocycles. The Kier molecular flexibility index (Phi) is 6.95. The minimum absolute atomic E-state index is 0.274. The molecule has 26 heavy (non-hydrogen) atoms. The van der Waals surface area contributed by atoms with Gasteiger partial charge in [-0.3, -0.25) is 4.79 Å². The number of amides is 1. The van der Waals surface area contributed by atoms with Crippen LogP contribution in [0.3, 0.4) is 0 Å². The summed E-state index contributed by atoms with van der Waals surface area (Å²) in [7, 11) is 1.67. The van der Waals surface area contributed by atoms with Gasteiger partial charge in [-0.1, -0.05) is 31.9 Å². The number of methoxy groups -OCH3 is 1. The molecule has 0 N–H and O–H groups in total. The van der Waals surface area contributed by atoms with Crippen LogP contribution >= 0.6 is 0 Å². The molecule has 0 bridgehead atoms. The molecule has 2 fully saturated rings. The monoisotopic (exact) mass is 358 g/mol. The van der Waals surface area contributed by atoms with Gasteiger partial charge in [0.1, 0.15) is 5.75 Å². The lowest BCUT2D eigenvalue weighted by Crippen LogP contribution is -2.48. The summed E-state index contributed by atoms with van der Waals surface area (Å²) in [6.45, 7) is 6.70. The number of hydrogen-bond acceptors (Lipinski definition) is 3. The summed E-state index contributed by atoms with van der Waals surface area (Å²) in [5.41, 5.74) is 1.05. The van der Waals surface area contributed by atoms with Crippen molar-refractivity contribution in [2.24, 2.45) is 5.92 Å². The Balaban J connectivity index is 1.64. The number of likely N-dealkylation sites (tertiary alicyclic amines) is 2. The van der Waals surface area contributed by atoms with Crippen LogP contribution in [0.25, 0.3) is 0 Å². The summed E-state index contributed by atoms with van der Waals surface area (Å²) in [6, 6.07) is 8.29. The molecular formula is C22H34N2O2. The van der Waals surface area contributed by atoms with Crippen molar-refractivity contribution in [3.8, 4) is 5.75 Å². The van der Waals surface area contributed by atoms with E-state index in [9.17, 15) is 4.79 Å². The zero-order valence-electron chi connectivity index (χ0n) is 16.5. The maximum Gasteiger partial charge on any atom is 0.227 e. The van der Waals surface area contributed by atoms with Crippen LogP contribution in [-0.2, 0) is 11.2 Å². The van der Waals surface area contributed by atoms with E-state index in [1.807, 2.05) is 24.3 Å². The topological polar surface area (TPSA) is 32.8 Å². The molecule has 1 atom stereocenters. The standard InChI is InChI=1S/C22H34N2O2/c1-18-10-13-23(14-11-18)17-20-8-4-3-5-12-24(20)22(25)16-19-7-6-9-21(15-19)26-2/h6-7,9,15,18,20H,3-5,8,10-14,16-17H2,1-2H3. The number of piperidine rings is 1. The van der Waals surface area contributed by atoms with Crippen molar-refractivity contribution in [3.63, 3.8) is 0 Å². The van der Waals surface area contributed by atoms with E-state index in [2.05, 4.69) is 16.7 Å². The average Bonchev–Trinajstić information content (AvgIpc) is 2.89. The predicted molar refractivity (Wildman–Crippen MR) is 106 cm³/mol. The molecule has 4 heteroatoms. The van der Waals surface area contributed by atoms with E-state index in [1.54, 1.807) is 7.11 Å². The number of carbonyl (C=O) groups is 1. The largest absolute Gasteiger partial charge is 0.497 e. The van der Waals surface area contributed by atoms with Crippen molar-refractivity contribution < 1.29 is 9.53 Å². The van der Waals surface area contributed by atoms with E-state index < -0.39 is 0 Å². The molecule has 1 amide bonds. The Morgan fingerprint density at radius 1 is 1.12 bits per heavy atom. The van der Waals surface area contributed by atoms with Crippen LogP contribution in [0.2, 0.25) is 0 Å². The number of nitrogens with zero attached hydrogens (tertiary/aromatic N) is 2. The van der Waals surface area contributed by atoms with Crippen LogP contribution in [0.4, 0.5) is 0 Å². The van der Waals surface area contributed by atoms with Crippen molar-refractivity contribution in [1.82, 2.24) is 9.80 Å². The van der Waals surface area contributed by atoms with Crippen molar-refractivity contribution in [1.29, 1.82) is 0 Å². The minimum atomic E-state index is 0.274. The lowest BCUT2D eigenvalue weighted by Gasteiger charge is -2.37. The molecule has 2 heterocycles. The first kappa shape index (κ1) is 19.2. The van der Waals surface area contributed by atoms with E-state index in [0.717, 1.165) is 43.2 Å². The molecule has 0 aliphatic carbocycles. The van der Waals surface area contributed by atoms with Crippen LogP contribution in [0, 0.1) is 5.92 Å². The van der Waals surface area contributed by atoms with Gasteiger partial charge in [0.15, 0.2) is 0 Å². The summed E-state index contributed by atoms with van der Waals surface area (Å²) in [5, 5.41) is 0. The summed E-state index contributed by atoms with van der Waals surface area (Å²) >= 11 is 0. The smallest absolute Gasteiger partial charge is 0.227 e. The molecule has 2 aliphatic rings. The first-order chi connectivity index (χ1) is 12.7. The van der Waals surface area contributed by atoms with Gasteiger partial charge >= 0.3 is 0 Å². The van der Waals surface area contributed by atoms with Crippen molar-refractivity contribution in [2.75, 3.05) is 33.3 Å². The number of benzene rings is 1. The molecule has 0 radical (unpaired) electrons. The normalized spacial score (nSPS) is 22.8. The van der Waals surface area contributed by atoms with Crippen LogP contribution in [0.1, 0.15) is 51.0 Å². The third kappa shape index (κ3) is 5.23. The molecule has 0 spiro atoms. The molecule has 1 aromatic rings. The first-order valence-electron chi connectivity index (χ1n) is 10.3. The van der Waals surface area contributed by atoms with E-state index in [4.69, 9.17) is 4.74 Å². The van der Waals surface area contributed by atoms with Gasteiger partial charge in [0.25, 0.3) is 0 Å². The third-order valence-corrected chi connectivity index (χ3v) is 6.03. The molecule has 1 aromatic carbocycles. The summed E-state index contributed by atoms with van der Waals surface area (Å²) in [4.78, 5) is 17.9. The second-order valence-corrected chi connectivity index (χ2v) is 8.10. The fourth-order valence-corrected chi connectivity index (χ4v) is 4.30. The number of rotatable bonds is 5. The second-order valence-electron chi connectivity index (χ2n) is 8.10. The van der Waals surface area contributed by atoms with Gasteiger partial charge in [-0.15, -0.1) is 0 Å². The Morgan fingerprint density at radius 3 is 2.69 bits per heavy atom. The van der Waals surface area contributed by atoms with Crippen molar-refractivity contribution in [2.45, 2.75) is 57.9 Å². The zero-order chi connectivity index (χ0) is 18.4. The Morgan fingerprint density at radius 2 is 1.92 bits per heavy atom. The highest BCUT2D eigenvalue weighted by Gasteiger charge is 2.28. The quantitative estimate of drug-likeness (QED) is 0.804. The number of hydrogen-bond donors (Lipinski definition) is 0. The Labute approximate surface area is 158 Å². The average molecular weight is 359 g/mol. The fraction of sp³-hybridized carbons (Fsp3) is 0.682. The van der Waals surface area contributed by atoms with E-state index in [1.165, 1.54) is 38.8 Å². The third-order valence-electron chi connectivity index (χ3n) is 6.03. The molecule has 2 saturated heterocycles. The van der Waals surface area contributed by atoms with Gasteiger partial charge in [0.2, 0.25) is 5.91 Å². The van der Waals surface area contributed by atoms with Crippen LogP contribution < -0.4 is 4.74 Å². The van der Waals surface area contributed by atoms with Crippen molar-refractivity contribution in [3.05, 3.63) is 29.8 Å². The Bertz CT molecular complexity index is 581. The summed E-state index contributed by atoms with van der Waals surface area (Å²) in [5.74, 6) is 1.95. The first-order valence-corrected chi connectivity index (χ1v) is 10.3. The van der Waals surface area contributed by atoms with Crippen LogP contribution in [0.5, 0.6) is 5.75 Å². The SMILES string of the molecule is COc1cccc(CC(=O)N2CCCCCC2CN2CCC(C)CC2)c1. The van der Waals surface area contributed by atoms with E-state index in [0.29, 0.717) is 12.5 Å². The second kappa shape index (κ2) is 9.40. The minimum Gasteiger partial charge on any atom is -0.497 e. The molecular weight excluding hydrogens is 324 g/mol. The summed E-state index contributed by atoms with van der Waals surface area (Å²) < 4.78 is 5.30. The maximum absolute atomic E-state index is 13.1. The highest BCUT2D eigenvalue weighted by molar-refractivity contribution is 5.79. The van der Waals surface area contributed by atoms with Crippen LogP contribution in [0.15, 0.2) is 24.3 Å².